The molecule has 0 aromatic rings. The molecule has 1 fully saturated rings. The summed E-state index contributed by atoms with van der Waals surface area (Å²) in [5, 5.41) is 17.1. The Bertz CT molecular complexity index is 372. The topological polar surface area (TPSA) is 104 Å². The third-order valence-corrected chi connectivity index (χ3v) is 2.34. The molecule has 0 spiro atoms. The van der Waals surface area contributed by atoms with Crippen molar-refractivity contribution < 1.29 is 14.4 Å². The van der Waals surface area contributed by atoms with Crippen molar-refractivity contribution >= 4 is 17.5 Å². The van der Waals surface area contributed by atoms with Crippen molar-refractivity contribution in [1.29, 1.82) is 5.26 Å². The SMILES string of the molecule is CO/N=C(\C#N)C(=O)NC1CCCCNC1=O. The summed E-state index contributed by atoms with van der Waals surface area (Å²) in [6, 6.07) is 0.993. The van der Waals surface area contributed by atoms with E-state index >= 15 is 0 Å². The summed E-state index contributed by atoms with van der Waals surface area (Å²) in [6.07, 6.45) is 2.28. The van der Waals surface area contributed by atoms with Gasteiger partial charge in [0.2, 0.25) is 11.6 Å². The Morgan fingerprint density at radius 3 is 3.06 bits per heavy atom. The molecule has 0 aromatic heterocycles. The van der Waals surface area contributed by atoms with Crippen LogP contribution in [0.3, 0.4) is 0 Å². The van der Waals surface area contributed by atoms with E-state index in [-0.39, 0.29) is 5.91 Å². The third kappa shape index (κ3) is 3.75. The van der Waals surface area contributed by atoms with E-state index in [9.17, 15) is 9.59 Å². The van der Waals surface area contributed by atoms with Gasteiger partial charge >= 0.3 is 0 Å². The lowest BCUT2D eigenvalue weighted by atomic mass is 10.1. The summed E-state index contributed by atoms with van der Waals surface area (Å²) >= 11 is 0. The van der Waals surface area contributed by atoms with Gasteiger partial charge in [-0.15, -0.1) is 0 Å². The maximum atomic E-state index is 11.6. The first-order valence-electron chi connectivity index (χ1n) is 5.29. The summed E-state index contributed by atoms with van der Waals surface area (Å²) in [4.78, 5) is 27.5. The van der Waals surface area contributed by atoms with Crippen LogP contribution in [0, 0.1) is 11.3 Å². The molecule has 0 saturated carbocycles. The highest BCUT2D eigenvalue weighted by Crippen LogP contribution is 2.05. The molecule has 1 unspecified atom stereocenters. The fourth-order valence-corrected chi connectivity index (χ4v) is 1.51. The number of hydrogen-bond donors (Lipinski definition) is 2. The van der Waals surface area contributed by atoms with E-state index in [0.29, 0.717) is 13.0 Å². The first kappa shape index (κ1) is 13.0. The van der Waals surface area contributed by atoms with Crippen LogP contribution in [0.4, 0.5) is 0 Å². The van der Waals surface area contributed by atoms with Crippen molar-refractivity contribution in [2.45, 2.75) is 25.3 Å². The summed E-state index contributed by atoms with van der Waals surface area (Å²) in [7, 11) is 1.24. The monoisotopic (exact) mass is 238 g/mol. The maximum Gasteiger partial charge on any atom is 0.284 e. The van der Waals surface area contributed by atoms with Crippen molar-refractivity contribution in [2.75, 3.05) is 13.7 Å². The second-order valence-electron chi connectivity index (χ2n) is 3.55. The number of amides is 2. The van der Waals surface area contributed by atoms with Gasteiger partial charge in [0.1, 0.15) is 19.2 Å². The summed E-state index contributed by atoms with van der Waals surface area (Å²) in [6.45, 7) is 0.614. The van der Waals surface area contributed by atoms with Crippen LogP contribution in [-0.2, 0) is 14.4 Å². The van der Waals surface area contributed by atoms with E-state index in [1.165, 1.54) is 7.11 Å². The highest BCUT2D eigenvalue weighted by atomic mass is 16.6. The van der Waals surface area contributed by atoms with Gasteiger partial charge in [0.25, 0.3) is 5.91 Å². The standard InChI is InChI=1S/C10H14N4O3/c1-17-14-8(6-11)10(16)13-7-4-2-3-5-12-9(7)15/h7H,2-5H2,1H3,(H,12,15)(H,13,16)/b14-8+. The van der Waals surface area contributed by atoms with Crippen LogP contribution in [0.15, 0.2) is 5.16 Å². The molecule has 0 radical (unpaired) electrons. The van der Waals surface area contributed by atoms with Gasteiger partial charge in [-0.2, -0.15) is 5.26 Å². The highest BCUT2D eigenvalue weighted by molar-refractivity contribution is 6.45. The van der Waals surface area contributed by atoms with Crippen LogP contribution in [0.1, 0.15) is 19.3 Å². The van der Waals surface area contributed by atoms with Gasteiger partial charge in [0.05, 0.1) is 0 Å². The molecule has 0 aliphatic carbocycles. The molecular weight excluding hydrogens is 224 g/mol. The minimum atomic E-state index is -0.698. The lowest BCUT2D eigenvalue weighted by molar-refractivity contribution is -0.126. The largest absolute Gasteiger partial charge is 0.398 e. The lowest BCUT2D eigenvalue weighted by Crippen LogP contribution is -2.47. The van der Waals surface area contributed by atoms with Crippen LogP contribution < -0.4 is 10.6 Å². The van der Waals surface area contributed by atoms with E-state index in [1.807, 2.05) is 0 Å². The Hall–Kier alpha value is -2.10. The van der Waals surface area contributed by atoms with Crippen LogP contribution in [-0.4, -0.2) is 37.2 Å². The smallest absolute Gasteiger partial charge is 0.284 e. The average molecular weight is 238 g/mol. The van der Waals surface area contributed by atoms with Gasteiger partial charge in [0.15, 0.2) is 0 Å². The van der Waals surface area contributed by atoms with Gasteiger partial charge in [-0.25, -0.2) is 0 Å². The second kappa shape index (κ2) is 6.48. The molecule has 7 nitrogen and oxygen atoms in total. The number of rotatable bonds is 3. The molecule has 1 saturated heterocycles. The van der Waals surface area contributed by atoms with Gasteiger partial charge in [0, 0.05) is 6.54 Å². The Labute approximate surface area is 98.8 Å². The van der Waals surface area contributed by atoms with Crippen molar-refractivity contribution in [3.63, 3.8) is 0 Å². The molecule has 1 rings (SSSR count). The van der Waals surface area contributed by atoms with E-state index in [0.717, 1.165) is 12.8 Å². The average Bonchev–Trinajstić information content (AvgIpc) is 2.52. The van der Waals surface area contributed by atoms with Gasteiger partial charge in [-0.05, 0) is 19.3 Å². The van der Waals surface area contributed by atoms with Gasteiger partial charge in [-0.3, -0.25) is 9.59 Å². The van der Waals surface area contributed by atoms with Gasteiger partial charge in [-0.1, -0.05) is 5.16 Å². The Morgan fingerprint density at radius 1 is 1.65 bits per heavy atom. The van der Waals surface area contributed by atoms with Crippen LogP contribution in [0.2, 0.25) is 0 Å². The number of hydrogen-bond acceptors (Lipinski definition) is 5. The van der Waals surface area contributed by atoms with E-state index in [1.54, 1.807) is 6.07 Å². The van der Waals surface area contributed by atoms with Crippen molar-refractivity contribution in [1.82, 2.24) is 10.6 Å². The quantitative estimate of drug-likeness (QED) is 0.501. The summed E-state index contributed by atoms with van der Waals surface area (Å²) in [5.74, 6) is -0.929. The van der Waals surface area contributed by atoms with Crippen LogP contribution >= 0.6 is 0 Å². The molecule has 7 heteroatoms. The van der Waals surface area contributed by atoms with E-state index in [2.05, 4.69) is 20.6 Å². The van der Waals surface area contributed by atoms with Crippen LogP contribution in [0.25, 0.3) is 0 Å². The molecular formula is C10H14N4O3. The third-order valence-electron chi connectivity index (χ3n) is 2.34. The van der Waals surface area contributed by atoms with Crippen molar-refractivity contribution in [3.05, 3.63) is 0 Å². The molecule has 1 heterocycles. The zero-order chi connectivity index (χ0) is 12.7. The molecule has 0 aromatic carbocycles. The first-order chi connectivity index (χ1) is 8.19. The maximum absolute atomic E-state index is 11.6. The number of carbonyl (C=O) groups excluding carboxylic acids is 2. The van der Waals surface area contributed by atoms with E-state index in [4.69, 9.17) is 5.26 Å². The summed E-state index contributed by atoms with van der Waals surface area (Å²) < 4.78 is 0. The lowest BCUT2D eigenvalue weighted by Gasteiger charge is -2.13. The highest BCUT2D eigenvalue weighted by Gasteiger charge is 2.24. The molecule has 17 heavy (non-hydrogen) atoms. The molecule has 2 amide bonds. The predicted octanol–water partition coefficient (Wildman–Crippen LogP) is -0.703. The number of carbonyl (C=O) groups is 2. The van der Waals surface area contributed by atoms with E-state index < -0.39 is 17.7 Å². The Morgan fingerprint density at radius 2 is 2.41 bits per heavy atom. The molecule has 1 atom stereocenters. The normalized spacial score (nSPS) is 20.8. The zero-order valence-corrected chi connectivity index (χ0v) is 9.52. The Balaban J connectivity index is 2.63. The molecule has 1 aliphatic heterocycles. The Kier molecular flexibility index (Phi) is 4.94. The number of nitriles is 1. The molecule has 0 bridgehead atoms. The molecule has 1 aliphatic rings. The minimum Gasteiger partial charge on any atom is -0.398 e. The number of oxime groups is 1. The predicted molar refractivity (Wildman–Crippen MR) is 58.8 cm³/mol. The van der Waals surface area contributed by atoms with Gasteiger partial charge < -0.3 is 15.5 Å². The summed E-state index contributed by atoms with van der Waals surface area (Å²) in [5.41, 5.74) is -0.399. The fraction of sp³-hybridized carbons (Fsp3) is 0.600. The zero-order valence-electron chi connectivity index (χ0n) is 9.52. The first-order valence-corrected chi connectivity index (χ1v) is 5.29. The number of nitrogens with one attached hydrogen (secondary N) is 2. The minimum absolute atomic E-state index is 0.231. The fourth-order valence-electron chi connectivity index (χ4n) is 1.51. The molecule has 92 valence electrons. The van der Waals surface area contributed by atoms with Crippen molar-refractivity contribution in [3.8, 4) is 6.07 Å². The second-order valence-corrected chi connectivity index (χ2v) is 3.55. The van der Waals surface area contributed by atoms with Crippen molar-refractivity contribution in [2.24, 2.45) is 5.16 Å². The molecule has 2 N–H and O–H groups in total. The number of nitrogens with zero attached hydrogens (tertiary/aromatic N) is 2. The van der Waals surface area contributed by atoms with Crippen LogP contribution in [0.5, 0.6) is 0 Å².